The van der Waals surface area contributed by atoms with Gasteiger partial charge in [0.05, 0.1) is 6.20 Å². The number of hydrogen-bond acceptors (Lipinski definition) is 4. The van der Waals surface area contributed by atoms with Crippen molar-refractivity contribution < 1.29 is 0 Å². The van der Waals surface area contributed by atoms with Gasteiger partial charge in [-0.25, -0.2) is 5.84 Å². The van der Waals surface area contributed by atoms with Crippen LogP contribution in [0.5, 0.6) is 0 Å². The van der Waals surface area contributed by atoms with Crippen LogP contribution in [0.2, 0.25) is 0 Å². The Morgan fingerprint density at radius 1 is 1.60 bits per heavy atom. The van der Waals surface area contributed by atoms with E-state index in [0.717, 1.165) is 5.56 Å². The van der Waals surface area contributed by atoms with Crippen molar-refractivity contribution in [1.29, 1.82) is 0 Å². The Hall–Kier alpha value is -1.16. The van der Waals surface area contributed by atoms with E-state index < -0.39 is 0 Å². The number of aromatic nitrogens is 2. The second-order valence-corrected chi connectivity index (χ2v) is 2.20. The third-order valence-electron chi connectivity index (χ3n) is 1.14. The average molecular weight is 138 g/mol. The van der Waals surface area contributed by atoms with Crippen LogP contribution in [-0.4, -0.2) is 17.2 Å². The maximum absolute atomic E-state index is 5.41. The van der Waals surface area contributed by atoms with Gasteiger partial charge in [0.2, 0.25) is 0 Å². The van der Waals surface area contributed by atoms with Crippen molar-refractivity contribution >= 4 is 5.82 Å². The number of nitrogens with zero attached hydrogens (tertiary/aromatic N) is 3. The van der Waals surface area contributed by atoms with Crippen molar-refractivity contribution in [1.82, 2.24) is 10.2 Å². The lowest BCUT2D eigenvalue weighted by molar-refractivity contribution is 0.911. The van der Waals surface area contributed by atoms with Crippen molar-refractivity contribution in [2.75, 3.05) is 12.1 Å². The molecular weight excluding hydrogens is 128 g/mol. The number of aryl methyl sites for hydroxylation is 1. The highest BCUT2D eigenvalue weighted by Crippen LogP contribution is 2.03. The summed E-state index contributed by atoms with van der Waals surface area (Å²) in [5.74, 6) is 6.09. The first kappa shape index (κ1) is 6.95. The molecular formula is C6H10N4. The zero-order valence-corrected chi connectivity index (χ0v) is 6.07. The smallest absolute Gasteiger partial charge is 0.165 e. The van der Waals surface area contributed by atoms with Crippen molar-refractivity contribution in [3.63, 3.8) is 0 Å². The molecule has 4 heteroatoms. The van der Waals surface area contributed by atoms with Crippen LogP contribution in [-0.2, 0) is 0 Å². The Balaban J connectivity index is 2.96. The lowest BCUT2D eigenvalue weighted by atomic mass is 10.3. The highest BCUT2D eigenvalue weighted by Gasteiger charge is 1.95. The third kappa shape index (κ3) is 1.41. The molecule has 0 aliphatic carbocycles. The van der Waals surface area contributed by atoms with Gasteiger partial charge in [0.25, 0.3) is 0 Å². The van der Waals surface area contributed by atoms with E-state index in [2.05, 4.69) is 10.2 Å². The molecule has 10 heavy (non-hydrogen) atoms. The fourth-order valence-electron chi connectivity index (χ4n) is 0.621. The molecule has 0 unspecified atom stereocenters. The summed E-state index contributed by atoms with van der Waals surface area (Å²) in [4.78, 5) is 0. The lowest BCUT2D eigenvalue weighted by Gasteiger charge is -2.08. The molecule has 0 aliphatic rings. The maximum Gasteiger partial charge on any atom is 0.165 e. The maximum atomic E-state index is 5.41. The van der Waals surface area contributed by atoms with Crippen LogP contribution in [0.15, 0.2) is 12.3 Å². The largest absolute Gasteiger partial charge is 0.296 e. The van der Waals surface area contributed by atoms with E-state index in [9.17, 15) is 0 Å². The average Bonchev–Trinajstić information content (AvgIpc) is 1.88. The fraction of sp³-hybridized carbons (Fsp3) is 0.333. The van der Waals surface area contributed by atoms with Gasteiger partial charge in [0, 0.05) is 7.05 Å². The molecule has 54 valence electrons. The Morgan fingerprint density at radius 3 is 2.70 bits per heavy atom. The molecule has 0 spiro atoms. The van der Waals surface area contributed by atoms with Crippen LogP contribution in [0.1, 0.15) is 5.56 Å². The normalized spacial score (nSPS) is 9.50. The van der Waals surface area contributed by atoms with Crippen molar-refractivity contribution in [2.45, 2.75) is 6.92 Å². The van der Waals surface area contributed by atoms with E-state index in [1.54, 1.807) is 13.2 Å². The van der Waals surface area contributed by atoms with Gasteiger partial charge in [0.15, 0.2) is 5.82 Å². The minimum atomic E-state index is 0.681. The molecule has 0 saturated carbocycles. The summed E-state index contributed by atoms with van der Waals surface area (Å²) in [5, 5.41) is 8.95. The molecule has 0 aliphatic heterocycles. The first-order valence-corrected chi connectivity index (χ1v) is 2.98. The molecule has 0 bridgehead atoms. The van der Waals surface area contributed by atoms with E-state index in [4.69, 9.17) is 5.84 Å². The van der Waals surface area contributed by atoms with Gasteiger partial charge >= 0.3 is 0 Å². The van der Waals surface area contributed by atoms with Crippen LogP contribution >= 0.6 is 0 Å². The highest BCUT2D eigenvalue weighted by atomic mass is 15.4. The molecule has 1 aromatic rings. The van der Waals surface area contributed by atoms with Crippen LogP contribution in [0.4, 0.5) is 5.82 Å². The van der Waals surface area contributed by atoms with Crippen LogP contribution in [0.3, 0.4) is 0 Å². The summed E-state index contributed by atoms with van der Waals surface area (Å²) in [6.07, 6.45) is 1.69. The van der Waals surface area contributed by atoms with Gasteiger partial charge in [-0.2, -0.15) is 5.10 Å². The van der Waals surface area contributed by atoms with Gasteiger partial charge in [-0.05, 0) is 18.6 Å². The number of nitrogens with two attached hydrogens (primary N) is 1. The molecule has 1 heterocycles. The zero-order chi connectivity index (χ0) is 7.56. The minimum absolute atomic E-state index is 0.681. The van der Waals surface area contributed by atoms with E-state index >= 15 is 0 Å². The van der Waals surface area contributed by atoms with Gasteiger partial charge in [-0.1, -0.05) is 0 Å². The topological polar surface area (TPSA) is 55.0 Å². The number of rotatable bonds is 1. The molecule has 2 N–H and O–H groups in total. The predicted molar refractivity (Wildman–Crippen MR) is 39.4 cm³/mol. The lowest BCUT2D eigenvalue weighted by Crippen LogP contribution is -2.26. The van der Waals surface area contributed by atoms with Gasteiger partial charge in [0.1, 0.15) is 0 Å². The Bertz CT molecular complexity index is 221. The molecule has 0 saturated heterocycles. The second kappa shape index (κ2) is 2.62. The first-order valence-electron chi connectivity index (χ1n) is 2.98. The third-order valence-corrected chi connectivity index (χ3v) is 1.14. The molecule has 1 rings (SSSR count). The Kier molecular flexibility index (Phi) is 1.82. The quantitative estimate of drug-likeness (QED) is 0.441. The molecule has 0 fully saturated rings. The summed E-state index contributed by atoms with van der Waals surface area (Å²) in [6, 6.07) is 1.87. The molecule has 1 aromatic heterocycles. The standard InChI is InChI=1S/C6H10N4/c1-5-3-6(10(2)7)9-8-4-5/h3-4H,7H2,1-2H3. The molecule has 0 amide bonds. The minimum Gasteiger partial charge on any atom is -0.296 e. The number of anilines is 1. The van der Waals surface area contributed by atoms with E-state index in [1.165, 1.54) is 5.01 Å². The molecule has 4 nitrogen and oxygen atoms in total. The number of hydrazine groups is 1. The number of hydrogen-bond donors (Lipinski definition) is 1. The van der Waals surface area contributed by atoms with Crippen molar-refractivity contribution in [3.8, 4) is 0 Å². The second-order valence-electron chi connectivity index (χ2n) is 2.20. The fourth-order valence-corrected chi connectivity index (χ4v) is 0.621. The summed E-state index contributed by atoms with van der Waals surface area (Å²) < 4.78 is 0. The van der Waals surface area contributed by atoms with Gasteiger partial charge in [-0.3, -0.25) is 5.01 Å². The summed E-state index contributed by atoms with van der Waals surface area (Å²) >= 11 is 0. The molecule has 0 aromatic carbocycles. The summed E-state index contributed by atoms with van der Waals surface area (Å²) in [5.41, 5.74) is 1.06. The monoisotopic (exact) mass is 138 g/mol. The first-order chi connectivity index (χ1) is 4.70. The highest BCUT2D eigenvalue weighted by molar-refractivity contribution is 5.35. The van der Waals surface area contributed by atoms with Gasteiger partial charge in [-0.15, -0.1) is 5.10 Å². The predicted octanol–water partition coefficient (Wildman–Crippen LogP) is 0.0949. The van der Waals surface area contributed by atoms with Gasteiger partial charge < -0.3 is 0 Å². The van der Waals surface area contributed by atoms with Crippen molar-refractivity contribution in [3.05, 3.63) is 17.8 Å². The van der Waals surface area contributed by atoms with Crippen LogP contribution in [0, 0.1) is 6.92 Å². The van der Waals surface area contributed by atoms with Crippen molar-refractivity contribution in [2.24, 2.45) is 5.84 Å². The molecule has 0 radical (unpaired) electrons. The molecule has 0 atom stereocenters. The summed E-state index contributed by atoms with van der Waals surface area (Å²) in [7, 11) is 1.73. The zero-order valence-electron chi connectivity index (χ0n) is 6.07. The van der Waals surface area contributed by atoms with E-state index in [-0.39, 0.29) is 0 Å². The van der Waals surface area contributed by atoms with Crippen LogP contribution < -0.4 is 10.9 Å². The van der Waals surface area contributed by atoms with E-state index in [0.29, 0.717) is 5.82 Å². The Labute approximate surface area is 59.6 Å². The van der Waals surface area contributed by atoms with Crippen LogP contribution in [0.25, 0.3) is 0 Å². The van der Waals surface area contributed by atoms with E-state index in [1.807, 2.05) is 13.0 Å². The Morgan fingerprint density at radius 2 is 2.30 bits per heavy atom. The summed E-state index contributed by atoms with van der Waals surface area (Å²) in [6.45, 7) is 1.95. The SMILES string of the molecule is Cc1cnnc(N(C)N)c1.